The van der Waals surface area contributed by atoms with Crippen LogP contribution in [0.1, 0.15) is 41.7 Å². The average molecular weight is 347 g/mol. The molecule has 2 aromatic heterocycles. The van der Waals surface area contributed by atoms with E-state index in [0.717, 1.165) is 18.4 Å². The molecule has 0 aromatic carbocycles. The van der Waals surface area contributed by atoms with Crippen LogP contribution in [0.2, 0.25) is 0 Å². The number of rotatable bonds is 5. The van der Waals surface area contributed by atoms with Crippen LogP contribution in [0, 0.1) is 10.1 Å². The van der Waals surface area contributed by atoms with E-state index in [1.807, 2.05) is 21.7 Å². The molecule has 0 unspecified atom stereocenters. The second-order valence-electron chi connectivity index (χ2n) is 5.42. The number of pyridine rings is 1. The number of thiophene rings is 1. The van der Waals surface area contributed by atoms with Crippen molar-refractivity contribution in [3.8, 4) is 0 Å². The number of hydrogen-bond acceptors (Lipinski definition) is 7. The van der Waals surface area contributed by atoms with Gasteiger partial charge >= 0.3 is 11.7 Å². The van der Waals surface area contributed by atoms with Gasteiger partial charge in [0.05, 0.1) is 17.6 Å². The van der Waals surface area contributed by atoms with Crippen molar-refractivity contribution in [3.63, 3.8) is 0 Å². The van der Waals surface area contributed by atoms with Crippen molar-refractivity contribution < 1.29 is 14.5 Å². The molecule has 0 saturated carbocycles. The smallest absolute Gasteiger partial charge is 0.345 e. The summed E-state index contributed by atoms with van der Waals surface area (Å²) in [7, 11) is 0. The van der Waals surface area contributed by atoms with Gasteiger partial charge in [-0.2, -0.15) is 11.3 Å². The topological polar surface area (TPSA) is 85.6 Å². The Kier molecular flexibility index (Phi) is 4.75. The van der Waals surface area contributed by atoms with Crippen molar-refractivity contribution in [2.45, 2.75) is 25.8 Å². The van der Waals surface area contributed by atoms with E-state index < -0.39 is 10.9 Å². The molecule has 1 aliphatic heterocycles. The third kappa shape index (κ3) is 2.96. The Bertz CT molecular complexity index is 748. The van der Waals surface area contributed by atoms with E-state index in [1.165, 1.54) is 12.3 Å². The number of carbonyl (C=O) groups is 1. The van der Waals surface area contributed by atoms with Crippen LogP contribution >= 0.6 is 11.3 Å². The van der Waals surface area contributed by atoms with E-state index in [9.17, 15) is 14.9 Å². The number of aromatic nitrogens is 1. The summed E-state index contributed by atoms with van der Waals surface area (Å²) >= 11 is 1.59. The SMILES string of the molecule is CCOC(=O)c1ccnc(N2CCC[C@@H]2c2ccsc2)c1[N+](=O)[O-]. The van der Waals surface area contributed by atoms with Crippen molar-refractivity contribution in [1.82, 2.24) is 4.98 Å². The standard InChI is InChI=1S/C16H17N3O4S/c1-2-23-16(20)12-5-7-17-15(14(12)19(21)22)18-8-3-4-13(18)11-6-9-24-10-11/h5-7,9-10,13H,2-4,8H2,1H3/t13-/m1/s1. The van der Waals surface area contributed by atoms with Gasteiger partial charge in [-0.15, -0.1) is 0 Å². The van der Waals surface area contributed by atoms with Crippen molar-refractivity contribution >= 4 is 28.8 Å². The average Bonchev–Trinajstić information content (AvgIpc) is 3.25. The van der Waals surface area contributed by atoms with Gasteiger partial charge in [0, 0.05) is 12.7 Å². The Morgan fingerprint density at radius 1 is 1.54 bits per heavy atom. The third-order valence-corrected chi connectivity index (χ3v) is 4.74. The Balaban J connectivity index is 2.05. The molecule has 0 bridgehead atoms. The molecule has 8 heteroatoms. The molecule has 0 amide bonds. The summed E-state index contributed by atoms with van der Waals surface area (Å²) in [6, 6.07) is 3.41. The van der Waals surface area contributed by atoms with Gasteiger partial charge < -0.3 is 9.64 Å². The molecule has 2 aromatic rings. The van der Waals surface area contributed by atoms with Gasteiger partial charge in [-0.25, -0.2) is 9.78 Å². The van der Waals surface area contributed by atoms with Crippen molar-refractivity contribution in [1.29, 1.82) is 0 Å². The summed E-state index contributed by atoms with van der Waals surface area (Å²) in [6.45, 7) is 2.49. The van der Waals surface area contributed by atoms with E-state index >= 15 is 0 Å². The molecule has 0 spiro atoms. The molecule has 3 heterocycles. The minimum Gasteiger partial charge on any atom is -0.462 e. The highest BCUT2D eigenvalue weighted by Crippen LogP contribution is 2.40. The summed E-state index contributed by atoms with van der Waals surface area (Å²) in [5.41, 5.74) is 0.788. The number of esters is 1. The molecule has 24 heavy (non-hydrogen) atoms. The van der Waals surface area contributed by atoms with Crippen molar-refractivity contribution in [2.24, 2.45) is 0 Å². The predicted octanol–water partition coefficient (Wildman–Crippen LogP) is 3.57. The lowest BCUT2D eigenvalue weighted by Gasteiger charge is -2.25. The van der Waals surface area contributed by atoms with Crippen molar-refractivity contribution in [2.75, 3.05) is 18.1 Å². The first-order valence-corrected chi connectivity index (χ1v) is 8.67. The zero-order valence-electron chi connectivity index (χ0n) is 13.2. The molecule has 0 N–H and O–H groups in total. The first-order chi connectivity index (χ1) is 11.6. The number of hydrogen-bond donors (Lipinski definition) is 0. The number of nitrogens with zero attached hydrogens (tertiary/aromatic N) is 3. The minimum atomic E-state index is -0.695. The lowest BCUT2D eigenvalue weighted by Crippen LogP contribution is -2.25. The first-order valence-electron chi connectivity index (χ1n) is 7.72. The Hall–Kier alpha value is -2.48. The van der Waals surface area contributed by atoms with Crippen LogP contribution < -0.4 is 4.90 Å². The van der Waals surface area contributed by atoms with Gasteiger partial charge in [0.15, 0.2) is 0 Å². The summed E-state index contributed by atoms with van der Waals surface area (Å²) in [5.74, 6) is -0.460. The number of anilines is 1. The van der Waals surface area contributed by atoms with Gasteiger partial charge in [-0.05, 0) is 48.2 Å². The molecule has 0 radical (unpaired) electrons. The summed E-state index contributed by atoms with van der Waals surface area (Å²) in [6.07, 6.45) is 3.25. The fourth-order valence-corrected chi connectivity index (χ4v) is 3.75. The third-order valence-electron chi connectivity index (χ3n) is 4.04. The van der Waals surface area contributed by atoms with Crippen LogP contribution in [0.25, 0.3) is 0 Å². The number of nitro groups is 1. The molecule has 0 aliphatic carbocycles. The molecule has 126 valence electrons. The van der Waals surface area contributed by atoms with Crippen LogP contribution in [-0.2, 0) is 4.74 Å². The minimum absolute atomic E-state index is 0.0416. The van der Waals surface area contributed by atoms with Gasteiger partial charge in [-0.1, -0.05) is 0 Å². The summed E-state index contributed by atoms with van der Waals surface area (Å²) in [4.78, 5) is 29.3. The largest absolute Gasteiger partial charge is 0.462 e. The Morgan fingerprint density at radius 2 is 2.38 bits per heavy atom. The van der Waals surface area contributed by atoms with Gasteiger partial charge in [0.25, 0.3) is 0 Å². The molecular formula is C16H17N3O4S. The number of carbonyl (C=O) groups excluding carboxylic acids is 1. The molecule has 3 rings (SSSR count). The van der Waals surface area contributed by atoms with Crippen LogP contribution in [0.3, 0.4) is 0 Å². The highest BCUT2D eigenvalue weighted by atomic mass is 32.1. The van der Waals surface area contributed by atoms with Crippen molar-refractivity contribution in [3.05, 3.63) is 50.3 Å². The maximum atomic E-state index is 12.1. The molecule has 1 aliphatic rings. The molecular weight excluding hydrogens is 330 g/mol. The highest BCUT2D eigenvalue weighted by Gasteiger charge is 2.35. The lowest BCUT2D eigenvalue weighted by atomic mass is 10.1. The van der Waals surface area contributed by atoms with Gasteiger partial charge in [0.2, 0.25) is 5.82 Å². The molecule has 1 saturated heterocycles. The zero-order chi connectivity index (χ0) is 17.1. The van der Waals surface area contributed by atoms with Crippen LogP contribution in [0.15, 0.2) is 29.1 Å². The molecule has 7 nitrogen and oxygen atoms in total. The second-order valence-corrected chi connectivity index (χ2v) is 6.20. The molecule has 1 atom stereocenters. The lowest BCUT2D eigenvalue weighted by molar-refractivity contribution is -0.384. The van der Waals surface area contributed by atoms with Gasteiger partial charge in [-0.3, -0.25) is 10.1 Å². The monoisotopic (exact) mass is 347 g/mol. The Morgan fingerprint density at radius 3 is 3.04 bits per heavy atom. The van der Waals surface area contributed by atoms with Crippen LogP contribution in [0.4, 0.5) is 11.5 Å². The fraction of sp³-hybridized carbons (Fsp3) is 0.375. The maximum Gasteiger partial charge on any atom is 0.345 e. The normalized spacial score (nSPS) is 17.0. The van der Waals surface area contributed by atoms with Crippen LogP contribution in [-0.4, -0.2) is 29.0 Å². The van der Waals surface area contributed by atoms with Crippen LogP contribution in [0.5, 0.6) is 0 Å². The quantitative estimate of drug-likeness (QED) is 0.467. The second kappa shape index (κ2) is 6.96. The van der Waals surface area contributed by atoms with E-state index in [0.29, 0.717) is 6.54 Å². The van der Waals surface area contributed by atoms with Gasteiger partial charge in [0.1, 0.15) is 5.56 Å². The van der Waals surface area contributed by atoms with E-state index in [1.54, 1.807) is 18.3 Å². The van der Waals surface area contributed by atoms with E-state index in [4.69, 9.17) is 4.74 Å². The Labute approximate surface area is 143 Å². The molecule has 1 fully saturated rings. The predicted molar refractivity (Wildman–Crippen MR) is 90.5 cm³/mol. The summed E-state index contributed by atoms with van der Waals surface area (Å²) < 4.78 is 4.95. The first kappa shape index (κ1) is 16.4. The zero-order valence-corrected chi connectivity index (χ0v) is 14.0. The maximum absolute atomic E-state index is 12.1. The summed E-state index contributed by atoms with van der Waals surface area (Å²) in [5, 5.41) is 15.7. The van der Waals surface area contributed by atoms with E-state index in [-0.39, 0.29) is 29.7 Å². The number of ether oxygens (including phenoxy) is 1. The van der Waals surface area contributed by atoms with E-state index in [2.05, 4.69) is 4.98 Å². The fourth-order valence-electron chi connectivity index (χ4n) is 3.04. The highest BCUT2D eigenvalue weighted by molar-refractivity contribution is 7.08.